The average molecular weight is 238 g/mol. The van der Waals surface area contributed by atoms with Crippen molar-refractivity contribution in [2.75, 3.05) is 13.1 Å². The molecule has 0 aromatic heterocycles. The highest BCUT2D eigenvalue weighted by molar-refractivity contribution is 4.74. The van der Waals surface area contributed by atoms with Crippen LogP contribution in [0.3, 0.4) is 0 Å². The Labute approximate surface area is 108 Å². The molecule has 2 rings (SSSR count). The summed E-state index contributed by atoms with van der Waals surface area (Å²) in [6.45, 7) is 7.66. The first-order valence-corrected chi connectivity index (χ1v) is 8.20. The van der Waals surface area contributed by atoms with Gasteiger partial charge in [-0.1, -0.05) is 12.8 Å². The minimum absolute atomic E-state index is 1.00. The maximum Gasteiger partial charge on any atom is 0.0892 e. The lowest BCUT2D eigenvalue weighted by atomic mass is 9.85. The number of nitrogens with zero attached hydrogens (tertiary/aromatic N) is 1. The monoisotopic (exact) mass is 238 g/mol. The molecule has 0 spiro atoms. The van der Waals surface area contributed by atoms with Gasteiger partial charge in [0.2, 0.25) is 0 Å². The Bertz CT molecular complexity index is 188. The van der Waals surface area contributed by atoms with E-state index in [1.807, 2.05) is 0 Å². The maximum absolute atomic E-state index is 2.45. The lowest BCUT2D eigenvalue weighted by molar-refractivity contribution is -0.972. The molecule has 0 saturated heterocycles. The summed E-state index contributed by atoms with van der Waals surface area (Å²) in [7, 11) is 0. The van der Waals surface area contributed by atoms with Crippen molar-refractivity contribution in [1.29, 1.82) is 0 Å². The zero-order valence-corrected chi connectivity index (χ0v) is 12.1. The first kappa shape index (κ1) is 13.4. The molecule has 0 amide bonds. The maximum atomic E-state index is 2.45. The van der Waals surface area contributed by atoms with Crippen molar-refractivity contribution in [1.82, 2.24) is 0 Å². The second kappa shape index (κ2) is 6.22. The van der Waals surface area contributed by atoms with Crippen molar-refractivity contribution >= 4 is 0 Å². The predicted octanol–water partition coefficient (Wildman–Crippen LogP) is 4.51. The van der Waals surface area contributed by atoms with Gasteiger partial charge in [0.15, 0.2) is 0 Å². The standard InChI is InChI=1S/C16H32N/c1-3-17(4-2,15-11-7-5-8-12-15)16-13-9-6-10-14-16/h15-16H,3-14H2,1-2H3/q+1. The van der Waals surface area contributed by atoms with Crippen LogP contribution >= 0.6 is 0 Å². The van der Waals surface area contributed by atoms with E-state index in [0.717, 1.165) is 12.1 Å². The van der Waals surface area contributed by atoms with E-state index < -0.39 is 0 Å². The molecule has 0 aliphatic heterocycles. The molecule has 0 aromatic carbocycles. The topological polar surface area (TPSA) is 0 Å². The molecule has 2 aliphatic rings. The molecule has 1 heteroatoms. The van der Waals surface area contributed by atoms with E-state index >= 15 is 0 Å². The van der Waals surface area contributed by atoms with Crippen LogP contribution in [-0.2, 0) is 0 Å². The third kappa shape index (κ3) is 2.70. The number of hydrogen-bond acceptors (Lipinski definition) is 0. The lowest BCUT2D eigenvalue weighted by Gasteiger charge is -2.51. The van der Waals surface area contributed by atoms with Gasteiger partial charge < -0.3 is 4.48 Å². The molecule has 0 bridgehead atoms. The van der Waals surface area contributed by atoms with Crippen LogP contribution in [0.15, 0.2) is 0 Å². The minimum Gasteiger partial charge on any atom is -0.319 e. The van der Waals surface area contributed by atoms with E-state index in [-0.39, 0.29) is 0 Å². The molecule has 0 aromatic rings. The number of hydrogen-bond donors (Lipinski definition) is 0. The normalized spacial score (nSPS) is 25.1. The van der Waals surface area contributed by atoms with Crippen molar-refractivity contribution < 1.29 is 4.48 Å². The summed E-state index contributed by atoms with van der Waals surface area (Å²) in [5, 5.41) is 0. The first-order chi connectivity index (χ1) is 8.33. The molecule has 0 atom stereocenters. The highest BCUT2D eigenvalue weighted by atomic mass is 15.4. The van der Waals surface area contributed by atoms with Gasteiger partial charge in [0.25, 0.3) is 0 Å². The molecule has 2 saturated carbocycles. The van der Waals surface area contributed by atoms with Crippen LogP contribution in [0.25, 0.3) is 0 Å². The van der Waals surface area contributed by atoms with Gasteiger partial charge in [0, 0.05) is 0 Å². The lowest BCUT2D eigenvalue weighted by Crippen LogP contribution is -2.62. The fraction of sp³-hybridized carbons (Fsp3) is 1.00. The smallest absolute Gasteiger partial charge is 0.0892 e. The van der Waals surface area contributed by atoms with Gasteiger partial charge in [0.05, 0.1) is 25.2 Å². The van der Waals surface area contributed by atoms with Gasteiger partial charge in [-0.3, -0.25) is 0 Å². The zero-order valence-electron chi connectivity index (χ0n) is 12.1. The fourth-order valence-electron chi connectivity index (χ4n) is 4.75. The number of quaternary nitrogens is 1. The van der Waals surface area contributed by atoms with Gasteiger partial charge in [0.1, 0.15) is 0 Å². The van der Waals surface area contributed by atoms with E-state index in [1.165, 1.54) is 81.8 Å². The summed E-state index contributed by atoms with van der Waals surface area (Å²) < 4.78 is 1.47. The molecule has 0 heterocycles. The third-order valence-electron chi connectivity index (χ3n) is 5.78. The van der Waals surface area contributed by atoms with Crippen molar-refractivity contribution in [2.45, 2.75) is 90.1 Å². The molecule has 0 unspecified atom stereocenters. The summed E-state index contributed by atoms with van der Waals surface area (Å²) in [5.41, 5.74) is 0. The molecule has 0 N–H and O–H groups in total. The van der Waals surface area contributed by atoms with E-state index in [1.54, 1.807) is 0 Å². The van der Waals surface area contributed by atoms with E-state index in [0.29, 0.717) is 0 Å². The molecular weight excluding hydrogens is 206 g/mol. The Hall–Kier alpha value is -0.0400. The van der Waals surface area contributed by atoms with Crippen LogP contribution in [0.4, 0.5) is 0 Å². The molecule has 17 heavy (non-hydrogen) atoms. The summed E-state index contributed by atoms with van der Waals surface area (Å²) in [6.07, 6.45) is 15.0. The summed E-state index contributed by atoms with van der Waals surface area (Å²) >= 11 is 0. The van der Waals surface area contributed by atoms with Crippen LogP contribution in [0.2, 0.25) is 0 Å². The van der Waals surface area contributed by atoms with Gasteiger partial charge in [-0.05, 0) is 65.2 Å². The molecule has 1 nitrogen and oxygen atoms in total. The van der Waals surface area contributed by atoms with Gasteiger partial charge in [-0.2, -0.15) is 0 Å². The Kier molecular flexibility index (Phi) is 4.90. The fourth-order valence-corrected chi connectivity index (χ4v) is 4.75. The van der Waals surface area contributed by atoms with Crippen molar-refractivity contribution in [3.63, 3.8) is 0 Å². The highest BCUT2D eigenvalue weighted by Crippen LogP contribution is 2.36. The summed E-state index contributed by atoms with van der Waals surface area (Å²) in [5.74, 6) is 0. The van der Waals surface area contributed by atoms with E-state index in [2.05, 4.69) is 13.8 Å². The Morgan fingerprint density at radius 2 is 1.00 bits per heavy atom. The quantitative estimate of drug-likeness (QED) is 0.632. The first-order valence-electron chi connectivity index (χ1n) is 8.20. The second-order valence-electron chi connectivity index (χ2n) is 6.32. The van der Waals surface area contributed by atoms with Gasteiger partial charge in [-0.15, -0.1) is 0 Å². The Balaban J connectivity index is 2.10. The molecule has 0 radical (unpaired) electrons. The van der Waals surface area contributed by atoms with Crippen molar-refractivity contribution in [2.24, 2.45) is 0 Å². The number of rotatable bonds is 4. The summed E-state index contributed by atoms with van der Waals surface area (Å²) in [6, 6.07) is 2.00. The minimum atomic E-state index is 1.00. The van der Waals surface area contributed by atoms with Gasteiger partial charge >= 0.3 is 0 Å². The van der Waals surface area contributed by atoms with E-state index in [4.69, 9.17) is 0 Å². The van der Waals surface area contributed by atoms with Crippen LogP contribution in [-0.4, -0.2) is 29.7 Å². The molecule has 100 valence electrons. The third-order valence-corrected chi connectivity index (χ3v) is 5.78. The predicted molar refractivity (Wildman–Crippen MR) is 75.1 cm³/mol. The van der Waals surface area contributed by atoms with Crippen LogP contribution in [0.5, 0.6) is 0 Å². The Morgan fingerprint density at radius 1 is 0.647 bits per heavy atom. The SMILES string of the molecule is CC[N+](CC)(C1CCCCC1)C1CCCCC1. The van der Waals surface area contributed by atoms with Crippen molar-refractivity contribution in [3.8, 4) is 0 Å². The zero-order chi connectivity index (χ0) is 12.1. The van der Waals surface area contributed by atoms with Crippen LogP contribution in [0, 0.1) is 0 Å². The molecule has 2 aliphatic carbocycles. The van der Waals surface area contributed by atoms with E-state index in [9.17, 15) is 0 Å². The summed E-state index contributed by atoms with van der Waals surface area (Å²) in [4.78, 5) is 0. The van der Waals surface area contributed by atoms with Crippen LogP contribution in [0.1, 0.15) is 78.1 Å². The van der Waals surface area contributed by atoms with Crippen molar-refractivity contribution in [3.05, 3.63) is 0 Å². The molecule has 2 fully saturated rings. The highest BCUT2D eigenvalue weighted by Gasteiger charge is 2.41. The van der Waals surface area contributed by atoms with Gasteiger partial charge in [-0.25, -0.2) is 0 Å². The Morgan fingerprint density at radius 3 is 1.29 bits per heavy atom. The average Bonchev–Trinajstić information content (AvgIpc) is 2.43. The van der Waals surface area contributed by atoms with Crippen LogP contribution < -0.4 is 0 Å². The second-order valence-corrected chi connectivity index (χ2v) is 6.32. The largest absolute Gasteiger partial charge is 0.319 e. The molecular formula is C16H32N+.